The van der Waals surface area contributed by atoms with E-state index in [1.165, 1.54) is 0 Å². The summed E-state index contributed by atoms with van der Waals surface area (Å²) in [5.41, 5.74) is 0.982. The highest BCUT2D eigenvalue weighted by molar-refractivity contribution is 7.99. The lowest BCUT2D eigenvalue weighted by atomic mass is 10.3. The molecule has 102 valence electrons. The summed E-state index contributed by atoms with van der Waals surface area (Å²) in [4.78, 5) is 10.6. The second-order valence-corrected chi connectivity index (χ2v) is 5.37. The fourth-order valence-electron chi connectivity index (χ4n) is 1.51. The molecule has 0 aromatic carbocycles. The highest BCUT2D eigenvalue weighted by Crippen LogP contribution is 2.25. The lowest BCUT2D eigenvalue weighted by Crippen LogP contribution is -2.08. The van der Waals surface area contributed by atoms with Crippen LogP contribution in [-0.4, -0.2) is 45.3 Å². The first-order valence-electron chi connectivity index (χ1n) is 5.51. The minimum Gasteiger partial charge on any atom is -0.481 e. The molecular weight excluding hydrogens is 286 g/mol. The Labute approximate surface area is 118 Å². The summed E-state index contributed by atoms with van der Waals surface area (Å²) in [5, 5.41) is 21.5. The second kappa shape index (κ2) is 6.69. The van der Waals surface area contributed by atoms with Gasteiger partial charge < -0.3 is 9.84 Å². The van der Waals surface area contributed by atoms with Crippen molar-refractivity contribution in [2.75, 3.05) is 19.5 Å². The molecule has 0 amide bonds. The van der Waals surface area contributed by atoms with Crippen LogP contribution in [-0.2, 0) is 16.1 Å². The lowest BCUT2D eigenvalue weighted by Gasteiger charge is -2.07. The summed E-state index contributed by atoms with van der Waals surface area (Å²) in [6.07, 6.45) is 0. The Balaban J connectivity index is 2.25. The molecule has 0 aliphatic heterocycles. The molecule has 2 heterocycles. The van der Waals surface area contributed by atoms with Gasteiger partial charge in [0.25, 0.3) is 0 Å². The lowest BCUT2D eigenvalue weighted by molar-refractivity contribution is -0.133. The number of thiophene rings is 1. The van der Waals surface area contributed by atoms with Crippen LogP contribution in [0.5, 0.6) is 0 Å². The summed E-state index contributed by atoms with van der Waals surface area (Å²) < 4.78 is 6.96. The molecule has 2 aromatic heterocycles. The molecular formula is C11H13N3O3S2. The van der Waals surface area contributed by atoms with Gasteiger partial charge in [-0.3, -0.25) is 9.36 Å². The number of hydrogen-bond donors (Lipinski definition) is 1. The summed E-state index contributed by atoms with van der Waals surface area (Å²) in [6.45, 7) is 1.12. The van der Waals surface area contributed by atoms with E-state index < -0.39 is 5.97 Å². The van der Waals surface area contributed by atoms with Crippen LogP contribution in [0, 0.1) is 0 Å². The molecule has 0 atom stereocenters. The maximum absolute atomic E-state index is 10.6. The van der Waals surface area contributed by atoms with Gasteiger partial charge in [0.1, 0.15) is 0 Å². The van der Waals surface area contributed by atoms with Gasteiger partial charge in [0.05, 0.1) is 18.9 Å². The third kappa shape index (κ3) is 3.55. The zero-order chi connectivity index (χ0) is 13.7. The molecule has 0 saturated carbocycles. The number of methoxy groups -OCH3 is 1. The molecule has 0 aliphatic carbocycles. The Morgan fingerprint density at radius 1 is 1.58 bits per heavy atom. The Morgan fingerprint density at radius 3 is 3.05 bits per heavy atom. The van der Waals surface area contributed by atoms with E-state index in [4.69, 9.17) is 9.84 Å². The molecule has 0 aliphatic rings. The van der Waals surface area contributed by atoms with Crippen molar-refractivity contribution in [1.82, 2.24) is 14.8 Å². The fourth-order valence-corrected chi connectivity index (χ4v) is 2.83. The van der Waals surface area contributed by atoms with Crippen LogP contribution in [0.25, 0.3) is 11.4 Å². The average molecular weight is 299 g/mol. The van der Waals surface area contributed by atoms with Crippen LogP contribution in [0.4, 0.5) is 0 Å². The number of aromatic nitrogens is 3. The van der Waals surface area contributed by atoms with Gasteiger partial charge in [-0.1, -0.05) is 11.8 Å². The van der Waals surface area contributed by atoms with E-state index in [9.17, 15) is 4.79 Å². The van der Waals surface area contributed by atoms with E-state index >= 15 is 0 Å². The van der Waals surface area contributed by atoms with Gasteiger partial charge in [0.2, 0.25) is 0 Å². The summed E-state index contributed by atoms with van der Waals surface area (Å²) in [6, 6.07) is 1.96. The quantitative estimate of drug-likeness (QED) is 0.786. The van der Waals surface area contributed by atoms with E-state index in [1.54, 1.807) is 18.4 Å². The minimum absolute atomic E-state index is 0.0330. The normalized spacial score (nSPS) is 10.8. The zero-order valence-corrected chi connectivity index (χ0v) is 11.9. The first kappa shape index (κ1) is 14.0. The number of carboxylic acid groups (broad SMARTS) is 1. The number of carbonyl (C=O) groups is 1. The third-order valence-corrected chi connectivity index (χ3v) is 3.97. The molecule has 0 spiro atoms. The predicted octanol–water partition coefficient (Wildman–Crippen LogP) is 1.83. The average Bonchev–Trinajstić information content (AvgIpc) is 3.02. The highest BCUT2D eigenvalue weighted by Gasteiger charge is 2.15. The number of nitrogens with zero attached hydrogens (tertiary/aromatic N) is 3. The maximum Gasteiger partial charge on any atom is 0.313 e. The van der Waals surface area contributed by atoms with Crippen molar-refractivity contribution < 1.29 is 14.6 Å². The molecule has 1 N–H and O–H groups in total. The van der Waals surface area contributed by atoms with Crippen molar-refractivity contribution in [3.63, 3.8) is 0 Å². The van der Waals surface area contributed by atoms with Crippen LogP contribution in [0.1, 0.15) is 0 Å². The Kier molecular flexibility index (Phi) is 4.94. The molecule has 2 rings (SSSR count). The van der Waals surface area contributed by atoms with Crippen molar-refractivity contribution in [3.8, 4) is 11.4 Å². The first-order chi connectivity index (χ1) is 9.22. The summed E-state index contributed by atoms with van der Waals surface area (Å²) in [5.74, 6) is -0.163. The number of ether oxygens (including phenoxy) is 1. The zero-order valence-electron chi connectivity index (χ0n) is 10.3. The molecule has 8 heteroatoms. The van der Waals surface area contributed by atoms with Crippen LogP contribution >= 0.6 is 23.1 Å². The second-order valence-electron chi connectivity index (χ2n) is 3.65. The van der Waals surface area contributed by atoms with E-state index in [1.807, 2.05) is 21.4 Å². The van der Waals surface area contributed by atoms with Gasteiger partial charge in [-0.15, -0.1) is 10.2 Å². The van der Waals surface area contributed by atoms with E-state index in [2.05, 4.69) is 10.2 Å². The number of rotatable bonds is 7. The summed E-state index contributed by atoms with van der Waals surface area (Å²) in [7, 11) is 1.62. The van der Waals surface area contributed by atoms with E-state index in [0.717, 1.165) is 23.1 Å². The van der Waals surface area contributed by atoms with E-state index in [-0.39, 0.29) is 5.75 Å². The maximum atomic E-state index is 10.6. The van der Waals surface area contributed by atoms with Crippen molar-refractivity contribution in [2.24, 2.45) is 0 Å². The van der Waals surface area contributed by atoms with Gasteiger partial charge in [-0.05, 0) is 11.4 Å². The first-order valence-corrected chi connectivity index (χ1v) is 7.44. The van der Waals surface area contributed by atoms with Crippen LogP contribution in [0.2, 0.25) is 0 Å². The number of thioether (sulfide) groups is 1. The number of carboxylic acids is 1. The number of hydrogen-bond acceptors (Lipinski definition) is 6. The third-order valence-electron chi connectivity index (χ3n) is 2.34. The molecule has 6 nitrogen and oxygen atoms in total. The largest absolute Gasteiger partial charge is 0.481 e. The van der Waals surface area contributed by atoms with Crippen LogP contribution in [0.3, 0.4) is 0 Å². The Bertz CT molecular complexity index is 539. The topological polar surface area (TPSA) is 77.2 Å². The Hall–Kier alpha value is -1.38. The van der Waals surface area contributed by atoms with Gasteiger partial charge >= 0.3 is 5.97 Å². The van der Waals surface area contributed by atoms with Crippen LogP contribution in [0.15, 0.2) is 22.0 Å². The standard InChI is InChI=1S/C11H13N3O3S2/c1-17-4-3-14-10(8-2-5-18-6-8)12-13-11(14)19-7-9(15)16/h2,5-6H,3-4,7H2,1H3,(H,15,16). The smallest absolute Gasteiger partial charge is 0.313 e. The van der Waals surface area contributed by atoms with Crippen molar-refractivity contribution in [3.05, 3.63) is 16.8 Å². The molecule has 0 bridgehead atoms. The molecule has 0 radical (unpaired) electrons. The van der Waals surface area contributed by atoms with Crippen molar-refractivity contribution in [1.29, 1.82) is 0 Å². The molecule has 0 fully saturated rings. The monoisotopic (exact) mass is 299 g/mol. The van der Waals surface area contributed by atoms with Gasteiger partial charge in [-0.25, -0.2) is 0 Å². The fraction of sp³-hybridized carbons (Fsp3) is 0.364. The van der Waals surface area contributed by atoms with Crippen molar-refractivity contribution in [2.45, 2.75) is 11.7 Å². The predicted molar refractivity (Wildman–Crippen MR) is 73.6 cm³/mol. The highest BCUT2D eigenvalue weighted by atomic mass is 32.2. The Morgan fingerprint density at radius 2 is 2.42 bits per heavy atom. The molecule has 0 unspecified atom stereocenters. The molecule has 19 heavy (non-hydrogen) atoms. The van der Waals surface area contributed by atoms with Gasteiger partial charge in [0.15, 0.2) is 11.0 Å². The SMILES string of the molecule is COCCn1c(SCC(=O)O)nnc1-c1ccsc1. The number of aliphatic carboxylic acids is 1. The van der Waals surface area contributed by atoms with Crippen molar-refractivity contribution >= 4 is 29.1 Å². The van der Waals surface area contributed by atoms with Gasteiger partial charge in [-0.2, -0.15) is 11.3 Å². The minimum atomic E-state index is -0.872. The summed E-state index contributed by atoms with van der Waals surface area (Å²) >= 11 is 2.74. The van der Waals surface area contributed by atoms with Crippen LogP contribution < -0.4 is 0 Å². The molecule has 2 aromatic rings. The van der Waals surface area contributed by atoms with Gasteiger partial charge in [0, 0.05) is 18.1 Å². The van der Waals surface area contributed by atoms with E-state index in [0.29, 0.717) is 18.3 Å². The molecule has 0 saturated heterocycles.